The van der Waals surface area contributed by atoms with E-state index in [0.717, 1.165) is 17.9 Å². The van der Waals surface area contributed by atoms with Crippen LogP contribution in [0.4, 0.5) is 5.69 Å². The molecule has 0 atom stereocenters. The Morgan fingerprint density at radius 1 is 1.31 bits per heavy atom. The molecule has 0 amide bonds. The zero-order valence-electron chi connectivity index (χ0n) is 10.7. The van der Waals surface area contributed by atoms with Gasteiger partial charge in [0.1, 0.15) is 0 Å². The Morgan fingerprint density at radius 3 is 2.50 bits per heavy atom. The fraction of sp³-hybridized carbons (Fsp3) is 0.429. The van der Waals surface area contributed by atoms with Crippen molar-refractivity contribution in [3.63, 3.8) is 0 Å². The van der Waals surface area contributed by atoms with E-state index in [1.165, 1.54) is 5.56 Å². The van der Waals surface area contributed by atoms with Gasteiger partial charge in [-0.1, -0.05) is 31.7 Å². The molecule has 1 rings (SSSR count). The molecule has 0 spiro atoms. The van der Waals surface area contributed by atoms with Gasteiger partial charge in [0.25, 0.3) is 0 Å². The van der Waals surface area contributed by atoms with Crippen LogP contribution in [0.5, 0.6) is 0 Å². The van der Waals surface area contributed by atoms with Crippen LogP contribution in [0.15, 0.2) is 36.5 Å². The van der Waals surface area contributed by atoms with Crippen LogP contribution in [-0.2, 0) is 0 Å². The number of rotatable bonds is 5. The van der Waals surface area contributed by atoms with Gasteiger partial charge in [0.05, 0.1) is 5.54 Å². The SMILES string of the molecule is C=C(Nc1ccccc1C)C(C)(C)NCC. The minimum Gasteiger partial charge on any atom is -0.358 e. The Kier molecular flexibility index (Phi) is 4.13. The van der Waals surface area contributed by atoms with E-state index in [-0.39, 0.29) is 5.54 Å². The molecule has 0 saturated carbocycles. The van der Waals surface area contributed by atoms with E-state index in [1.54, 1.807) is 0 Å². The summed E-state index contributed by atoms with van der Waals surface area (Å²) in [7, 11) is 0. The van der Waals surface area contributed by atoms with Crippen molar-refractivity contribution in [1.82, 2.24) is 5.32 Å². The summed E-state index contributed by atoms with van der Waals surface area (Å²) in [6.45, 7) is 13.5. The van der Waals surface area contributed by atoms with E-state index < -0.39 is 0 Å². The lowest BCUT2D eigenvalue weighted by Crippen LogP contribution is -2.42. The molecule has 0 aliphatic heterocycles. The standard InChI is InChI=1S/C14H22N2/c1-6-15-14(4,5)12(3)16-13-10-8-7-9-11(13)2/h7-10,15-16H,3,6H2,1-2,4-5H3. The lowest BCUT2D eigenvalue weighted by atomic mass is 10.0. The predicted octanol–water partition coefficient (Wildman–Crippen LogP) is 3.31. The van der Waals surface area contributed by atoms with Crippen LogP contribution in [0.2, 0.25) is 0 Å². The van der Waals surface area contributed by atoms with Gasteiger partial charge in [-0.2, -0.15) is 0 Å². The molecular formula is C14H22N2. The van der Waals surface area contributed by atoms with Crippen LogP contribution in [0.25, 0.3) is 0 Å². The smallest absolute Gasteiger partial charge is 0.0523 e. The van der Waals surface area contributed by atoms with Gasteiger partial charge >= 0.3 is 0 Å². The van der Waals surface area contributed by atoms with Crippen molar-refractivity contribution in [3.05, 3.63) is 42.1 Å². The number of hydrogen-bond acceptors (Lipinski definition) is 2. The van der Waals surface area contributed by atoms with Crippen molar-refractivity contribution in [2.75, 3.05) is 11.9 Å². The third-order valence-corrected chi connectivity index (χ3v) is 2.80. The van der Waals surface area contributed by atoms with E-state index in [2.05, 4.69) is 57.0 Å². The quantitative estimate of drug-likeness (QED) is 0.792. The molecule has 2 heteroatoms. The lowest BCUT2D eigenvalue weighted by molar-refractivity contribution is 0.468. The average Bonchev–Trinajstić information content (AvgIpc) is 2.21. The van der Waals surface area contributed by atoms with Crippen molar-refractivity contribution >= 4 is 5.69 Å². The maximum atomic E-state index is 4.11. The first-order valence-electron chi connectivity index (χ1n) is 5.74. The largest absolute Gasteiger partial charge is 0.358 e. The summed E-state index contributed by atoms with van der Waals surface area (Å²) in [6.07, 6.45) is 0. The molecule has 1 aromatic carbocycles. The molecule has 1 aromatic rings. The third kappa shape index (κ3) is 3.11. The highest BCUT2D eigenvalue weighted by atomic mass is 15.0. The zero-order valence-corrected chi connectivity index (χ0v) is 10.7. The summed E-state index contributed by atoms with van der Waals surface area (Å²) in [6, 6.07) is 8.24. The Labute approximate surface area is 98.8 Å². The maximum Gasteiger partial charge on any atom is 0.0523 e. The molecule has 0 aromatic heterocycles. The van der Waals surface area contributed by atoms with Gasteiger partial charge in [-0.25, -0.2) is 0 Å². The minimum absolute atomic E-state index is 0.100. The van der Waals surface area contributed by atoms with Gasteiger partial charge in [-0.3, -0.25) is 0 Å². The first-order valence-corrected chi connectivity index (χ1v) is 5.74. The molecule has 2 nitrogen and oxygen atoms in total. The molecule has 0 aliphatic rings. The number of para-hydroxylation sites is 1. The number of anilines is 1. The summed E-state index contributed by atoms with van der Waals surface area (Å²) >= 11 is 0. The number of aryl methyl sites for hydroxylation is 1. The van der Waals surface area contributed by atoms with Crippen LogP contribution < -0.4 is 10.6 Å². The minimum atomic E-state index is -0.100. The fourth-order valence-electron chi connectivity index (χ4n) is 1.58. The molecular weight excluding hydrogens is 196 g/mol. The Bertz CT molecular complexity index is 367. The first-order chi connectivity index (χ1) is 7.47. The van der Waals surface area contributed by atoms with Gasteiger partial charge in [0.2, 0.25) is 0 Å². The van der Waals surface area contributed by atoms with E-state index in [4.69, 9.17) is 0 Å². The lowest BCUT2D eigenvalue weighted by Gasteiger charge is -2.29. The molecule has 0 aliphatic carbocycles. The highest BCUT2D eigenvalue weighted by molar-refractivity contribution is 5.55. The molecule has 0 fully saturated rings. The Hall–Kier alpha value is -1.28. The topological polar surface area (TPSA) is 24.1 Å². The second kappa shape index (κ2) is 5.17. The number of benzene rings is 1. The summed E-state index contributed by atoms with van der Waals surface area (Å²) in [4.78, 5) is 0. The van der Waals surface area contributed by atoms with E-state index in [1.807, 2.05) is 12.1 Å². The van der Waals surface area contributed by atoms with Crippen molar-refractivity contribution in [3.8, 4) is 0 Å². The predicted molar refractivity (Wildman–Crippen MR) is 71.7 cm³/mol. The third-order valence-electron chi connectivity index (χ3n) is 2.80. The molecule has 16 heavy (non-hydrogen) atoms. The van der Waals surface area contributed by atoms with Gasteiger partial charge in [-0.05, 0) is 38.9 Å². The normalized spacial score (nSPS) is 11.2. The van der Waals surface area contributed by atoms with Crippen LogP contribution in [0, 0.1) is 6.92 Å². The molecule has 0 radical (unpaired) electrons. The van der Waals surface area contributed by atoms with Crippen molar-refractivity contribution in [2.45, 2.75) is 33.2 Å². The molecule has 0 bridgehead atoms. The first kappa shape index (κ1) is 12.8. The van der Waals surface area contributed by atoms with Gasteiger partial charge < -0.3 is 10.6 Å². The summed E-state index contributed by atoms with van der Waals surface area (Å²) in [5.74, 6) is 0. The number of nitrogens with one attached hydrogen (secondary N) is 2. The van der Waals surface area contributed by atoms with Crippen LogP contribution in [0.3, 0.4) is 0 Å². The number of hydrogen-bond donors (Lipinski definition) is 2. The fourth-order valence-corrected chi connectivity index (χ4v) is 1.58. The molecule has 88 valence electrons. The van der Waals surface area contributed by atoms with Crippen molar-refractivity contribution in [1.29, 1.82) is 0 Å². The average molecular weight is 218 g/mol. The van der Waals surface area contributed by atoms with Crippen LogP contribution in [-0.4, -0.2) is 12.1 Å². The van der Waals surface area contributed by atoms with Gasteiger partial charge in [0, 0.05) is 11.4 Å². The maximum absolute atomic E-state index is 4.11. The summed E-state index contributed by atoms with van der Waals surface area (Å²) in [5.41, 5.74) is 3.25. The van der Waals surface area contributed by atoms with E-state index in [0.29, 0.717) is 0 Å². The van der Waals surface area contributed by atoms with E-state index >= 15 is 0 Å². The molecule has 0 unspecified atom stereocenters. The molecule has 2 N–H and O–H groups in total. The molecule has 0 saturated heterocycles. The van der Waals surface area contributed by atoms with Crippen LogP contribution in [0.1, 0.15) is 26.3 Å². The Balaban J connectivity index is 2.75. The zero-order chi connectivity index (χ0) is 12.2. The Morgan fingerprint density at radius 2 is 1.94 bits per heavy atom. The van der Waals surface area contributed by atoms with Crippen molar-refractivity contribution in [2.24, 2.45) is 0 Å². The number of likely N-dealkylation sites (N-methyl/N-ethyl adjacent to an activating group) is 1. The summed E-state index contributed by atoms with van der Waals surface area (Å²) < 4.78 is 0. The molecule has 0 heterocycles. The van der Waals surface area contributed by atoms with Crippen LogP contribution >= 0.6 is 0 Å². The highest BCUT2D eigenvalue weighted by Crippen LogP contribution is 2.20. The summed E-state index contributed by atoms with van der Waals surface area (Å²) in [5, 5.41) is 6.78. The monoisotopic (exact) mass is 218 g/mol. The highest BCUT2D eigenvalue weighted by Gasteiger charge is 2.20. The van der Waals surface area contributed by atoms with E-state index in [9.17, 15) is 0 Å². The second-order valence-corrected chi connectivity index (χ2v) is 4.57. The van der Waals surface area contributed by atoms with Gasteiger partial charge in [0.15, 0.2) is 0 Å². The second-order valence-electron chi connectivity index (χ2n) is 4.57. The van der Waals surface area contributed by atoms with Crippen molar-refractivity contribution < 1.29 is 0 Å². The van der Waals surface area contributed by atoms with Gasteiger partial charge in [-0.15, -0.1) is 0 Å².